The molecule has 0 saturated heterocycles. The standard InChI is InChI=1S/C31H33N3O4S/c1-23-10-9-13-25(18-23)21-34(29(31(36)32-2)19-24-11-5-4-6-12-24)30(35)22-33(3)39(37,38)28-17-16-26-14-7-8-15-27(26)20-28/h4-18,20,29H,19,21-22H2,1-3H3,(H,32,36)/t29-/m1/s1. The van der Waals surface area contributed by atoms with E-state index in [2.05, 4.69) is 5.32 Å². The average Bonchev–Trinajstić information content (AvgIpc) is 2.94. The Morgan fingerprint density at radius 3 is 2.18 bits per heavy atom. The first-order valence-electron chi connectivity index (χ1n) is 12.7. The maximum absolute atomic E-state index is 13.8. The van der Waals surface area contributed by atoms with E-state index in [4.69, 9.17) is 0 Å². The van der Waals surface area contributed by atoms with Gasteiger partial charge in [0.15, 0.2) is 0 Å². The Morgan fingerprint density at radius 1 is 0.821 bits per heavy atom. The molecule has 8 heteroatoms. The van der Waals surface area contributed by atoms with Crippen LogP contribution < -0.4 is 5.32 Å². The molecule has 0 bridgehead atoms. The predicted octanol–water partition coefficient (Wildman–Crippen LogP) is 4.15. The maximum Gasteiger partial charge on any atom is 0.243 e. The van der Waals surface area contributed by atoms with E-state index < -0.39 is 28.5 Å². The van der Waals surface area contributed by atoms with Crippen LogP contribution in [-0.2, 0) is 32.6 Å². The quantitative estimate of drug-likeness (QED) is 0.326. The molecule has 202 valence electrons. The molecule has 39 heavy (non-hydrogen) atoms. The molecule has 0 spiro atoms. The van der Waals surface area contributed by atoms with Gasteiger partial charge >= 0.3 is 0 Å². The first-order chi connectivity index (χ1) is 18.7. The van der Waals surface area contributed by atoms with Gasteiger partial charge in [-0.15, -0.1) is 0 Å². The highest BCUT2D eigenvalue weighted by molar-refractivity contribution is 7.89. The molecule has 1 N–H and O–H groups in total. The number of hydrogen-bond acceptors (Lipinski definition) is 4. The Bertz CT molecular complexity index is 1570. The van der Waals surface area contributed by atoms with Crippen LogP contribution in [-0.4, -0.2) is 56.1 Å². The van der Waals surface area contributed by atoms with Crippen molar-refractivity contribution in [2.75, 3.05) is 20.6 Å². The number of nitrogens with zero attached hydrogens (tertiary/aromatic N) is 2. The number of fused-ring (bicyclic) bond motifs is 1. The van der Waals surface area contributed by atoms with Gasteiger partial charge in [-0.3, -0.25) is 9.59 Å². The van der Waals surface area contributed by atoms with Crippen molar-refractivity contribution in [2.24, 2.45) is 0 Å². The van der Waals surface area contributed by atoms with Gasteiger partial charge in [-0.1, -0.05) is 90.5 Å². The fraction of sp³-hybridized carbons (Fsp3) is 0.226. The van der Waals surface area contributed by atoms with E-state index in [-0.39, 0.29) is 17.3 Å². The highest BCUT2D eigenvalue weighted by Gasteiger charge is 2.32. The number of rotatable bonds is 10. The van der Waals surface area contributed by atoms with Gasteiger partial charge in [0, 0.05) is 27.1 Å². The smallest absolute Gasteiger partial charge is 0.243 e. The monoisotopic (exact) mass is 543 g/mol. The summed E-state index contributed by atoms with van der Waals surface area (Å²) in [5.74, 6) is -0.784. The zero-order valence-electron chi connectivity index (χ0n) is 22.4. The van der Waals surface area contributed by atoms with Crippen LogP contribution in [0.1, 0.15) is 16.7 Å². The minimum atomic E-state index is -3.96. The summed E-state index contributed by atoms with van der Waals surface area (Å²) in [5.41, 5.74) is 2.77. The number of aryl methyl sites for hydroxylation is 1. The van der Waals surface area contributed by atoms with Crippen molar-refractivity contribution >= 4 is 32.6 Å². The summed E-state index contributed by atoms with van der Waals surface area (Å²) in [6.07, 6.45) is 0.291. The van der Waals surface area contributed by atoms with Crippen molar-refractivity contribution in [3.63, 3.8) is 0 Å². The second kappa shape index (κ2) is 12.2. The van der Waals surface area contributed by atoms with Gasteiger partial charge < -0.3 is 10.2 Å². The SMILES string of the molecule is CNC(=O)[C@@H](Cc1ccccc1)N(Cc1cccc(C)c1)C(=O)CN(C)S(=O)(=O)c1ccc2ccccc2c1. The van der Waals surface area contributed by atoms with Gasteiger partial charge in [-0.2, -0.15) is 4.31 Å². The third kappa shape index (κ3) is 6.71. The van der Waals surface area contributed by atoms with E-state index in [0.717, 1.165) is 31.8 Å². The number of benzene rings is 4. The lowest BCUT2D eigenvalue weighted by molar-refractivity contribution is -0.141. The summed E-state index contributed by atoms with van der Waals surface area (Å²) in [4.78, 5) is 28.5. The van der Waals surface area contributed by atoms with Crippen LogP contribution in [0.4, 0.5) is 0 Å². The van der Waals surface area contributed by atoms with Crippen LogP contribution in [0.15, 0.2) is 102 Å². The number of carbonyl (C=O) groups is 2. The molecule has 4 aromatic rings. The van der Waals surface area contributed by atoms with E-state index >= 15 is 0 Å². The lowest BCUT2D eigenvalue weighted by atomic mass is 10.0. The Hall–Kier alpha value is -4.01. The summed E-state index contributed by atoms with van der Waals surface area (Å²) >= 11 is 0. The first kappa shape index (κ1) is 28.0. The molecule has 1 atom stereocenters. The van der Waals surface area contributed by atoms with Gasteiger partial charge in [0.1, 0.15) is 6.04 Å². The lowest BCUT2D eigenvalue weighted by Gasteiger charge is -2.32. The predicted molar refractivity (Wildman–Crippen MR) is 153 cm³/mol. The van der Waals surface area contributed by atoms with Crippen molar-refractivity contribution in [1.82, 2.24) is 14.5 Å². The zero-order chi connectivity index (χ0) is 28.0. The van der Waals surface area contributed by atoms with Gasteiger partial charge in [0.25, 0.3) is 0 Å². The molecule has 0 aliphatic carbocycles. The summed E-state index contributed by atoms with van der Waals surface area (Å²) in [5, 5.41) is 4.40. The average molecular weight is 544 g/mol. The Kier molecular flexibility index (Phi) is 8.79. The summed E-state index contributed by atoms with van der Waals surface area (Å²) in [6.45, 7) is 1.71. The lowest BCUT2D eigenvalue weighted by Crippen LogP contribution is -2.52. The number of hydrogen-bond donors (Lipinski definition) is 1. The van der Waals surface area contributed by atoms with Gasteiger partial charge in [0.05, 0.1) is 11.4 Å². The largest absolute Gasteiger partial charge is 0.357 e. The molecule has 0 unspecified atom stereocenters. The maximum atomic E-state index is 13.8. The molecule has 0 radical (unpaired) electrons. The van der Waals surface area contributed by atoms with Crippen LogP contribution >= 0.6 is 0 Å². The molecule has 0 saturated carbocycles. The topological polar surface area (TPSA) is 86.8 Å². The van der Waals surface area contributed by atoms with Crippen molar-refractivity contribution < 1.29 is 18.0 Å². The van der Waals surface area contributed by atoms with Gasteiger partial charge in [-0.05, 0) is 41.0 Å². The third-order valence-electron chi connectivity index (χ3n) is 6.74. The van der Waals surface area contributed by atoms with Crippen LogP contribution in [0.2, 0.25) is 0 Å². The van der Waals surface area contributed by atoms with Crippen molar-refractivity contribution in [3.8, 4) is 0 Å². The van der Waals surface area contributed by atoms with E-state index in [1.54, 1.807) is 18.2 Å². The number of nitrogens with one attached hydrogen (secondary N) is 1. The molecular weight excluding hydrogens is 510 g/mol. The van der Waals surface area contributed by atoms with Crippen molar-refractivity contribution in [1.29, 1.82) is 0 Å². The summed E-state index contributed by atoms with van der Waals surface area (Å²) in [7, 11) is -1.04. The zero-order valence-corrected chi connectivity index (χ0v) is 23.2. The second-order valence-electron chi connectivity index (χ2n) is 9.60. The molecule has 0 aromatic heterocycles. The molecule has 2 amide bonds. The number of amides is 2. The number of sulfonamides is 1. The number of likely N-dealkylation sites (N-methyl/N-ethyl adjacent to an activating group) is 2. The summed E-state index contributed by atoms with van der Waals surface area (Å²) in [6, 6.07) is 28.7. The van der Waals surface area contributed by atoms with E-state index in [1.165, 1.54) is 19.0 Å². The first-order valence-corrected chi connectivity index (χ1v) is 14.2. The molecule has 0 heterocycles. The fourth-order valence-electron chi connectivity index (χ4n) is 4.60. The van der Waals surface area contributed by atoms with Crippen LogP contribution in [0.5, 0.6) is 0 Å². The van der Waals surface area contributed by atoms with E-state index in [0.29, 0.717) is 6.42 Å². The van der Waals surface area contributed by atoms with Crippen LogP contribution in [0.25, 0.3) is 10.8 Å². The Morgan fingerprint density at radius 2 is 1.49 bits per heavy atom. The highest BCUT2D eigenvalue weighted by atomic mass is 32.2. The minimum Gasteiger partial charge on any atom is -0.357 e. The van der Waals surface area contributed by atoms with E-state index in [1.807, 2.05) is 85.8 Å². The van der Waals surface area contributed by atoms with Gasteiger partial charge in [-0.25, -0.2) is 8.42 Å². The normalized spacial score (nSPS) is 12.3. The Labute approximate surface area is 230 Å². The second-order valence-corrected chi connectivity index (χ2v) is 11.6. The van der Waals surface area contributed by atoms with Crippen molar-refractivity contribution in [3.05, 3.63) is 114 Å². The summed E-state index contributed by atoms with van der Waals surface area (Å²) < 4.78 is 28.0. The Balaban J connectivity index is 1.65. The molecule has 0 aliphatic heterocycles. The molecule has 0 aliphatic rings. The van der Waals surface area contributed by atoms with Crippen LogP contribution in [0.3, 0.4) is 0 Å². The minimum absolute atomic E-state index is 0.105. The number of carbonyl (C=O) groups excluding carboxylic acids is 2. The molecule has 7 nitrogen and oxygen atoms in total. The highest BCUT2D eigenvalue weighted by Crippen LogP contribution is 2.22. The van der Waals surface area contributed by atoms with Crippen molar-refractivity contribution in [2.45, 2.75) is 30.8 Å². The third-order valence-corrected chi connectivity index (χ3v) is 8.54. The van der Waals surface area contributed by atoms with E-state index in [9.17, 15) is 18.0 Å². The molecule has 4 rings (SSSR count). The molecule has 0 fully saturated rings. The fourth-order valence-corrected chi connectivity index (χ4v) is 5.76. The molecular formula is C31H33N3O4S. The van der Waals surface area contributed by atoms with Gasteiger partial charge in [0.2, 0.25) is 21.8 Å². The molecule has 4 aromatic carbocycles. The van der Waals surface area contributed by atoms with Crippen LogP contribution in [0, 0.1) is 6.92 Å².